The second-order valence-corrected chi connectivity index (χ2v) is 8.98. The summed E-state index contributed by atoms with van der Waals surface area (Å²) in [5, 5.41) is 0. The Labute approximate surface area is 159 Å². The highest BCUT2D eigenvalue weighted by molar-refractivity contribution is 7.22. The van der Waals surface area contributed by atoms with E-state index in [9.17, 15) is 0 Å². The Morgan fingerprint density at radius 1 is 0.808 bits per heavy atom. The highest BCUT2D eigenvalue weighted by Gasteiger charge is 2.16. The Morgan fingerprint density at radius 2 is 1.58 bits per heavy atom. The van der Waals surface area contributed by atoms with Crippen LogP contribution in [-0.4, -0.2) is 4.98 Å². The third kappa shape index (κ3) is 3.30. The molecule has 0 spiro atoms. The Morgan fingerprint density at radius 3 is 2.31 bits per heavy atom. The first kappa shape index (κ1) is 17.0. The van der Waals surface area contributed by atoms with Gasteiger partial charge in [-0.25, -0.2) is 4.98 Å². The minimum atomic E-state index is 0.133. The number of rotatable bonds is 2. The molecule has 2 heteroatoms. The molecule has 0 bridgehead atoms. The van der Waals surface area contributed by atoms with Gasteiger partial charge < -0.3 is 0 Å². The van der Waals surface area contributed by atoms with Crippen LogP contribution < -0.4 is 0 Å². The van der Waals surface area contributed by atoms with Crippen LogP contribution in [-0.2, 0) is 5.41 Å². The molecule has 4 rings (SSSR count). The van der Waals surface area contributed by atoms with Gasteiger partial charge in [0.15, 0.2) is 0 Å². The molecule has 130 valence electrons. The summed E-state index contributed by atoms with van der Waals surface area (Å²) in [5.74, 6) is 0. The third-order valence-electron chi connectivity index (χ3n) is 4.67. The van der Waals surface area contributed by atoms with Gasteiger partial charge in [0.25, 0.3) is 0 Å². The highest BCUT2D eigenvalue weighted by Crippen LogP contribution is 2.35. The fourth-order valence-corrected chi connectivity index (χ4v) is 4.20. The van der Waals surface area contributed by atoms with Crippen LogP contribution in [0.15, 0.2) is 66.7 Å². The number of thiophene rings is 1. The van der Waals surface area contributed by atoms with E-state index in [2.05, 4.69) is 94.4 Å². The number of fused-ring (bicyclic) bond motifs is 1. The van der Waals surface area contributed by atoms with Crippen LogP contribution in [0.25, 0.3) is 31.9 Å². The van der Waals surface area contributed by atoms with Crippen molar-refractivity contribution >= 4 is 21.6 Å². The van der Waals surface area contributed by atoms with Crippen LogP contribution in [0.2, 0.25) is 0 Å². The number of nitrogens with zero attached hydrogens (tertiary/aromatic N) is 1. The topological polar surface area (TPSA) is 12.9 Å². The Kier molecular flexibility index (Phi) is 4.16. The van der Waals surface area contributed by atoms with Gasteiger partial charge in [0.05, 0.1) is 15.9 Å². The molecule has 4 aromatic rings. The summed E-state index contributed by atoms with van der Waals surface area (Å²) >= 11 is 1.80. The van der Waals surface area contributed by atoms with E-state index in [1.165, 1.54) is 31.8 Å². The summed E-state index contributed by atoms with van der Waals surface area (Å²) in [7, 11) is 0. The molecule has 0 saturated heterocycles. The molecule has 0 aliphatic heterocycles. The molecule has 0 N–H and O–H groups in total. The first-order chi connectivity index (χ1) is 12.4. The summed E-state index contributed by atoms with van der Waals surface area (Å²) in [4.78, 5) is 6.23. The first-order valence-electron chi connectivity index (χ1n) is 8.99. The fourth-order valence-electron chi connectivity index (χ4n) is 3.19. The summed E-state index contributed by atoms with van der Waals surface area (Å²) in [5.41, 5.74) is 7.34. The van der Waals surface area contributed by atoms with Gasteiger partial charge >= 0.3 is 0 Å². The smallest absolute Gasteiger partial charge is 0.0823 e. The van der Waals surface area contributed by atoms with Gasteiger partial charge in [-0.05, 0) is 53.8 Å². The second kappa shape index (κ2) is 6.37. The van der Waals surface area contributed by atoms with Gasteiger partial charge in [0.1, 0.15) is 0 Å². The summed E-state index contributed by atoms with van der Waals surface area (Å²) in [6, 6.07) is 23.9. The van der Waals surface area contributed by atoms with Crippen molar-refractivity contribution in [2.24, 2.45) is 0 Å². The molecule has 2 aromatic heterocycles. The monoisotopic (exact) mass is 357 g/mol. The maximum absolute atomic E-state index is 4.97. The molecule has 0 amide bonds. The predicted octanol–water partition coefficient (Wildman–Crippen LogP) is 7.24. The quantitative estimate of drug-likeness (QED) is 0.368. The molecule has 26 heavy (non-hydrogen) atoms. The maximum Gasteiger partial charge on any atom is 0.0823 e. The van der Waals surface area contributed by atoms with Gasteiger partial charge in [-0.2, -0.15) is 0 Å². The molecule has 2 heterocycles. The lowest BCUT2D eigenvalue weighted by Gasteiger charge is -2.20. The molecule has 0 fully saturated rings. The van der Waals surface area contributed by atoms with Crippen molar-refractivity contribution in [1.29, 1.82) is 0 Å². The number of benzene rings is 2. The lowest BCUT2D eigenvalue weighted by atomic mass is 9.85. The molecule has 1 nitrogen and oxygen atoms in total. The Hall–Kier alpha value is -2.45. The highest BCUT2D eigenvalue weighted by atomic mass is 32.1. The van der Waals surface area contributed by atoms with Crippen LogP contribution in [0.1, 0.15) is 31.9 Å². The Bertz CT molecular complexity index is 1070. The van der Waals surface area contributed by atoms with Crippen molar-refractivity contribution in [3.63, 3.8) is 0 Å². The summed E-state index contributed by atoms with van der Waals surface area (Å²) in [6.07, 6.45) is 0. The van der Waals surface area contributed by atoms with E-state index in [0.717, 1.165) is 11.2 Å². The van der Waals surface area contributed by atoms with Crippen LogP contribution >= 0.6 is 11.3 Å². The normalized spacial score (nSPS) is 11.8. The largest absolute Gasteiger partial charge is 0.247 e. The van der Waals surface area contributed by atoms with Crippen LogP contribution in [0.4, 0.5) is 0 Å². The van der Waals surface area contributed by atoms with E-state index in [-0.39, 0.29) is 5.41 Å². The van der Waals surface area contributed by atoms with E-state index >= 15 is 0 Å². The van der Waals surface area contributed by atoms with E-state index in [1.807, 2.05) is 0 Å². The molecule has 0 radical (unpaired) electrons. The van der Waals surface area contributed by atoms with Gasteiger partial charge in [0, 0.05) is 10.4 Å². The minimum Gasteiger partial charge on any atom is -0.247 e. The van der Waals surface area contributed by atoms with Crippen molar-refractivity contribution in [2.45, 2.75) is 33.1 Å². The number of aryl methyl sites for hydroxylation is 1. The first-order valence-corrected chi connectivity index (χ1v) is 9.80. The zero-order chi connectivity index (χ0) is 18.3. The van der Waals surface area contributed by atoms with Crippen molar-refractivity contribution in [2.75, 3.05) is 0 Å². The van der Waals surface area contributed by atoms with Gasteiger partial charge in [-0.3, -0.25) is 0 Å². The third-order valence-corrected chi connectivity index (χ3v) is 5.81. The van der Waals surface area contributed by atoms with Gasteiger partial charge in [-0.15, -0.1) is 11.3 Å². The SMILES string of the molecule is Cc1cc(-c2ccc3sc(-c4ccccc4)cc3n2)cc(C(C)(C)C)c1. The number of hydrogen-bond donors (Lipinski definition) is 0. The lowest BCUT2D eigenvalue weighted by molar-refractivity contribution is 0.590. The number of aromatic nitrogens is 1. The molecule has 2 aromatic carbocycles. The summed E-state index contributed by atoms with van der Waals surface area (Å²) in [6.45, 7) is 8.93. The van der Waals surface area contributed by atoms with Crippen molar-refractivity contribution in [1.82, 2.24) is 4.98 Å². The van der Waals surface area contributed by atoms with E-state index in [4.69, 9.17) is 4.98 Å². The number of pyridine rings is 1. The zero-order valence-electron chi connectivity index (χ0n) is 15.7. The second-order valence-electron chi connectivity index (χ2n) is 7.89. The molecule has 0 aliphatic carbocycles. The molecule has 0 unspecified atom stereocenters. The number of hydrogen-bond acceptors (Lipinski definition) is 2. The van der Waals surface area contributed by atoms with Crippen molar-refractivity contribution in [3.8, 4) is 21.7 Å². The molecule has 0 saturated carbocycles. The van der Waals surface area contributed by atoms with Crippen molar-refractivity contribution in [3.05, 3.63) is 77.9 Å². The lowest BCUT2D eigenvalue weighted by Crippen LogP contribution is -2.11. The van der Waals surface area contributed by atoms with E-state index < -0.39 is 0 Å². The molecule has 0 atom stereocenters. The van der Waals surface area contributed by atoms with Crippen LogP contribution in [0.3, 0.4) is 0 Å². The van der Waals surface area contributed by atoms with Crippen LogP contribution in [0, 0.1) is 6.92 Å². The average molecular weight is 358 g/mol. The zero-order valence-corrected chi connectivity index (χ0v) is 16.5. The molecular formula is C24H23NS. The molecule has 0 aliphatic rings. The fraction of sp³-hybridized carbons (Fsp3) is 0.208. The standard InChI is InChI=1S/C24H23NS/c1-16-12-18(14-19(13-16)24(2,3)4)20-10-11-22-21(25-20)15-23(26-22)17-8-6-5-7-9-17/h5-15H,1-4H3. The maximum atomic E-state index is 4.97. The Balaban J connectivity index is 1.80. The predicted molar refractivity (Wildman–Crippen MR) is 114 cm³/mol. The summed E-state index contributed by atoms with van der Waals surface area (Å²) < 4.78 is 1.23. The van der Waals surface area contributed by atoms with Gasteiger partial charge in [0.2, 0.25) is 0 Å². The van der Waals surface area contributed by atoms with E-state index in [1.54, 1.807) is 11.3 Å². The van der Waals surface area contributed by atoms with Gasteiger partial charge in [-0.1, -0.05) is 62.7 Å². The molecular weight excluding hydrogens is 334 g/mol. The minimum absolute atomic E-state index is 0.133. The van der Waals surface area contributed by atoms with E-state index in [0.29, 0.717) is 0 Å². The van der Waals surface area contributed by atoms with Crippen LogP contribution in [0.5, 0.6) is 0 Å². The van der Waals surface area contributed by atoms with Crippen molar-refractivity contribution < 1.29 is 0 Å². The average Bonchev–Trinajstić information content (AvgIpc) is 3.04.